The van der Waals surface area contributed by atoms with Crippen LogP contribution in [0.1, 0.15) is 105 Å². The first kappa shape index (κ1) is 64.2. The van der Waals surface area contributed by atoms with Crippen LogP contribution in [-0.4, -0.2) is 197 Å². The highest BCUT2D eigenvalue weighted by atomic mass is 16.7. The van der Waals surface area contributed by atoms with Crippen molar-refractivity contribution in [2.75, 3.05) is 7.11 Å². The number of hydrogen-bond acceptors (Lipinski definition) is 20. The van der Waals surface area contributed by atoms with Gasteiger partial charge in [0, 0.05) is 44.6 Å². The van der Waals surface area contributed by atoms with Crippen molar-refractivity contribution in [1.29, 1.82) is 0 Å². The maximum absolute atomic E-state index is 13.1. The largest absolute Gasteiger partial charge is 0.481 e. The summed E-state index contributed by atoms with van der Waals surface area (Å²) in [5.74, 6) is -6.79. The molecule has 4 heterocycles. The van der Waals surface area contributed by atoms with Crippen molar-refractivity contribution in [2.45, 2.75) is 227 Å². The Labute approximate surface area is 440 Å². The lowest BCUT2D eigenvalue weighted by atomic mass is 9.82. The first-order chi connectivity index (χ1) is 35.4. The van der Waals surface area contributed by atoms with E-state index in [1.807, 2.05) is 56.4 Å². The molecule has 428 valence electrons. The van der Waals surface area contributed by atoms with E-state index in [9.17, 15) is 65.8 Å². The van der Waals surface area contributed by atoms with Gasteiger partial charge in [0.1, 0.15) is 24.2 Å². The van der Waals surface area contributed by atoms with Crippen molar-refractivity contribution >= 4 is 11.9 Å². The molecule has 0 aromatic carbocycles. The Kier molecular flexibility index (Phi) is 26.8. The van der Waals surface area contributed by atoms with Crippen LogP contribution in [0.3, 0.4) is 0 Å². The predicted octanol–water partition coefficient (Wildman–Crippen LogP) is 1.47. The maximum atomic E-state index is 13.1. The van der Waals surface area contributed by atoms with Gasteiger partial charge in [-0.25, -0.2) is 0 Å². The number of hydrogen-bond donors (Lipinski definition) is 12. The number of aliphatic carboxylic acids is 1. The molecule has 0 aromatic rings. The van der Waals surface area contributed by atoms with E-state index in [0.29, 0.717) is 0 Å². The van der Waals surface area contributed by atoms with Crippen LogP contribution in [0.15, 0.2) is 72.9 Å². The molecule has 13 N–H and O–H groups in total. The molecule has 0 spiro atoms. The molecule has 2 bridgehead atoms. The van der Waals surface area contributed by atoms with Crippen LogP contribution in [-0.2, 0) is 42.7 Å². The Morgan fingerprint density at radius 3 is 1.92 bits per heavy atom. The van der Waals surface area contributed by atoms with Crippen LogP contribution < -0.4 is 5.73 Å². The minimum atomic E-state index is -2.37. The van der Waals surface area contributed by atoms with Gasteiger partial charge in [-0.15, -0.1) is 0 Å². The Morgan fingerprint density at radius 1 is 0.653 bits per heavy atom. The van der Waals surface area contributed by atoms with E-state index in [1.54, 1.807) is 38.2 Å². The van der Waals surface area contributed by atoms with E-state index in [2.05, 4.69) is 0 Å². The summed E-state index contributed by atoms with van der Waals surface area (Å²) in [4.78, 5) is 25.7. The number of carbonyl (C=O) groups is 2. The van der Waals surface area contributed by atoms with Crippen LogP contribution >= 0.6 is 0 Å². The van der Waals surface area contributed by atoms with Crippen LogP contribution in [0.4, 0.5) is 0 Å². The van der Waals surface area contributed by atoms with E-state index >= 15 is 0 Å². The van der Waals surface area contributed by atoms with E-state index in [4.69, 9.17) is 38.9 Å². The van der Waals surface area contributed by atoms with E-state index < -0.39 is 165 Å². The van der Waals surface area contributed by atoms with Crippen molar-refractivity contribution in [2.24, 2.45) is 23.5 Å². The average molecular weight is 1070 g/mol. The molecule has 4 aliphatic heterocycles. The summed E-state index contributed by atoms with van der Waals surface area (Å²) in [6.45, 7) is 8.85. The van der Waals surface area contributed by atoms with Crippen molar-refractivity contribution < 1.29 is 98.9 Å². The van der Waals surface area contributed by atoms with Gasteiger partial charge >= 0.3 is 11.9 Å². The Hall–Kier alpha value is -3.30. The van der Waals surface area contributed by atoms with Crippen LogP contribution in [0.5, 0.6) is 0 Å². The molecule has 0 saturated carbocycles. The zero-order valence-electron chi connectivity index (χ0n) is 44.1. The van der Waals surface area contributed by atoms with Gasteiger partial charge in [0.05, 0.1) is 91.8 Å². The highest BCUT2D eigenvalue weighted by molar-refractivity contribution is 5.71. The summed E-state index contributed by atoms with van der Waals surface area (Å²) < 4.78 is 41.5. The molecule has 0 radical (unpaired) electrons. The van der Waals surface area contributed by atoms with E-state index in [1.165, 1.54) is 20.1 Å². The lowest BCUT2D eigenvalue weighted by Gasteiger charge is -2.45. The van der Waals surface area contributed by atoms with E-state index in [0.717, 1.165) is 12.8 Å². The minimum Gasteiger partial charge on any atom is -0.481 e. The SMILES string of the molecule is CO[C@@H]1[C@H](O)CC(O[C@H]2[C@@H](C)[C@H](C)OC(=O)C[C@H](O)C[C@H](O)C[C@H](O)CC[C@@H](O)[C@H](O)C[C@]3(O)C[C@H](O)[C@@H](C(=O)O)[C@H](C[C@@H](O[C@H]4O[C@H](C)[C@@H](O)[C@H](N)[C@@H]4O)/C=C/C=C/C=C/C=C/CC/C=C/C=C/[C@@H]2C)O3)O[C@H]1C. The van der Waals surface area contributed by atoms with Gasteiger partial charge in [-0.3, -0.25) is 9.59 Å². The maximum Gasteiger partial charge on any atom is 0.311 e. The summed E-state index contributed by atoms with van der Waals surface area (Å²) in [7, 11) is 1.50. The van der Waals surface area contributed by atoms with Crippen molar-refractivity contribution in [3.05, 3.63) is 72.9 Å². The first-order valence-electron chi connectivity index (χ1n) is 26.3. The lowest BCUT2D eigenvalue weighted by molar-refractivity contribution is -0.310. The molecular formula is C54H87NO20. The van der Waals surface area contributed by atoms with Crippen molar-refractivity contribution in [3.8, 4) is 0 Å². The Morgan fingerprint density at radius 2 is 1.27 bits per heavy atom. The number of fused-ring (bicyclic) bond motifs is 2. The monoisotopic (exact) mass is 1070 g/mol. The van der Waals surface area contributed by atoms with Gasteiger partial charge in [-0.1, -0.05) is 86.8 Å². The third-order valence-corrected chi connectivity index (χ3v) is 14.4. The average Bonchev–Trinajstić information content (AvgIpc) is 3.32. The smallest absolute Gasteiger partial charge is 0.311 e. The van der Waals surface area contributed by atoms with Crippen molar-refractivity contribution in [3.63, 3.8) is 0 Å². The molecular weight excluding hydrogens is 983 g/mol. The second-order valence-electron chi connectivity index (χ2n) is 20.7. The number of esters is 1. The third-order valence-electron chi connectivity index (χ3n) is 14.4. The summed E-state index contributed by atoms with van der Waals surface area (Å²) in [6, 6.07) is -1.16. The summed E-state index contributed by atoms with van der Waals surface area (Å²) in [5, 5.41) is 119. The number of nitrogens with two attached hydrogens (primary N) is 1. The van der Waals surface area contributed by atoms with Gasteiger partial charge in [-0.2, -0.15) is 0 Å². The minimum absolute atomic E-state index is 0.154. The topological polar surface area (TPSA) is 347 Å². The number of carboxylic acids is 1. The molecule has 3 saturated heterocycles. The first-order valence-corrected chi connectivity index (χ1v) is 26.3. The van der Waals surface area contributed by atoms with Gasteiger partial charge in [0.25, 0.3) is 0 Å². The summed E-state index contributed by atoms with van der Waals surface area (Å²) in [5.41, 5.74) is 6.05. The zero-order chi connectivity index (χ0) is 55.6. The van der Waals surface area contributed by atoms with Gasteiger partial charge < -0.3 is 95.1 Å². The normalized spacial score (nSPS) is 46.0. The fraction of sp³-hybridized carbons (Fsp3) is 0.741. The number of ether oxygens (including phenoxy) is 7. The van der Waals surface area contributed by atoms with E-state index in [-0.39, 0.29) is 44.4 Å². The Bertz CT molecular complexity index is 1890. The molecule has 23 atom stereocenters. The number of allylic oxidation sites excluding steroid dienone is 10. The van der Waals surface area contributed by atoms with Gasteiger partial charge in [0.15, 0.2) is 18.4 Å². The molecule has 0 aliphatic carbocycles. The van der Waals surface area contributed by atoms with Crippen LogP contribution in [0, 0.1) is 17.8 Å². The highest BCUT2D eigenvalue weighted by Crippen LogP contribution is 2.38. The van der Waals surface area contributed by atoms with Crippen LogP contribution in [0.2, 0.25) is 0 Å². The highest BCUT2D eigenvalue weighted by Gasteiger charge is 2.51. The molecule has 4 aliphatic rings. The molecule has 4 rings (SSSR count). The summed E-state index contributed by atoms with van der Waals surface area (Å²) >= 11 is 0. The molecule has 75 heavy (non-hydrogen) atoms. The fourth-order valence-corrected chi connectivity index (χ4v) is 9.97. The molecule has 1 unspecified atom stereocenters. The number of carbonyl (C=O) groups excluding carboxylic acids is 1. The Balaban J connectivity index is 1.55. The quantitative estimate of drug-likeness (QED) is 0.168. The molecule has 0 aromatic heterocycles. The molecule has 21 heteroatoms. The second kappa shape index (κ2) is 31.3. The number of carboxylic acid groups (broad SMARTS) is 1. The van der Waals surface area contributed by atoms with Gasteiger partial charge in [0.2, 0.25) is 0 Å². The summed E-state index contributed by atoms with van der Waals surface area (Å²) in [6.07, 6.45) is -0.0333. The molecule has 3 fully saturated rings. The number of aliphatic hydroxyl groups is 10. The zero-order valence-corrected chi connectivity index (χ0v) is 44.1. The third kappa shape index (κ3) is 20.5. The fourth-order valence-electron chi connectivity index (χ4n) is 9.97. The lowest BCUT2D eigenvalue weighted by Crippen LogP contribution is -2.61. The standard InChI is InChI=1S/C54H87NO20/c1-30-19-17-15-13-11-9-7-8-10-12-14-16-18-20-38(73-53-49(65)47(55)48(64)33(4)72-53)26-43-46(52(66)67)42(62)29-54(68,75-43)28-41(61)39(59)22-21-35(56)23-36(57)24-37(58)25-44(63)70-32(3)31(2)50(30)74-45-27-40(60)51(69-6)34(5)71-45/h7-8,10,12-20,30-43,45-51,53,56-62,64-65,68H,9,11,21-29,55H2,1-6H3,(H,66,67)/b8-7+,12-10+,15-13+,16-14+,19-17+,20-18+/t30-,31-,32-,33+,34-,35+,36+,37+,38-,39+,40+,41+,42-,43-,45?,46+,47-,48+,49-,50+,51-,53+,54+/m0/s1. The van der Waals surface area contributed by atoms with Crippen LogP contribution in [0.25, 0.3) is 0 Å². The number of cyclic esters (lactones) is 1. The predicted molar refractivity (Wildman–Crippen MR) is 272 cm³/mol. The number of aliphatic hydroxyl groups excluding tert-OH is 9. The second-order valence-corrected chi connectivity index (χ2v) is 20.7. The molecule has 0 amide bonds. The number of rotatable bonds is 6. The number of methoxy groups -OCH3 is 1. The van der Waals surface area contributed by atoms with Gasteiger partial charge in [-0.05, 0) is 59.3 Å². The molecule has 21 nitrogen and oxygen atoms in total. The van der Waals surface area contributed by atoms with Crippen molar-refractivity contribution in [1.82, 2.24) is 0 Å².